The number of carbonyl (C=O) groups excluding carboxylic acids is 2. The highest BCUT2D eigenvalue weighted by Gasteiger charge is 2.17. The van der Waals surface area contributed by atoms with Gasteiger partial charge in [0.05, 0.1) is 5.69 Å². The molecule has 0 spiro atoms. The number of hydrogen-bond acceptors (Lipinski definition) is 4. The predicted octanol–water partition coefficient (Wildman–Crippen LogP) is 3.23. The van der Waals surface area contributed by atoms with Crippen LogP contribution < -0.4 is 16.0 Å². The summed E-state index contributed by atoms with van der Waals surface area (Å²) < 4.78 is 0. The van der Waals surface area contributed by atoms with E-state index in [2.05, 4.69) is 20.9 Å². The van der Waals surface area contributed by atoms with Gasteiger partial charge in [-0.2, -0.15) is 0 Å². The topological polar surface area (TPSA) is 83.1 Å². The summed E-state index contributed by atoms with van der Waals surface area (Å²) in [6.07, 6.45) is 0. The Morgan fingerprint density at radius 1 is 1.14 bits per heavy atom. The third-order valence-corrected chi connectivity index (χ3v) is 3.75. The molecule has 0 saturated heterocycles. The number of hydrogen-bond donors (Lipinski definition) is 3. The molecule has 0 unspecified atom stereocenters. The van der Waals surface area contributed by atoms with Gasteiger partial charge in [-0.05, 0) is 32.9 Å². The van der Waals surface area contributed by atoms with E-state index < -0.39 is 6.03 Å². The minimum absolute atomic E-state index is 0.0480. The van der Waals surface area contributed by atoms with Gasteiger partial charge in [-0.15, -0.1) is 0 Å². The molecular weight excluding hydrogens is 300 g/mol. The van der Waals surface area contributed by atoms with Gasteiger partial charge in [0.1, 0.15) is 4.88 Å². The number of aryl methyl sites for hydroxylation is 1. The Labute approximate surface area is 133 Å². The summed E-state index contributed by atoms with van der Waals surface area (Å²) in [6, 6.07) is 8.76. The normalized spacial score (nSPS) is 10.4. The van der Waals surface area contributed by atoms with Crippen LogP contribution in [-0.4, -0.2) is 23.0 Å². The van der Waals surface area contributed by atoms with Crippen molar-refractivity contribution in [2.75, 3.05) is 10.6 Å². The molecule has 22 heavy (non-hydrogen) atoms. The van der Waals surface area contributed by atoms with Crippen molar-refractivity contribution >= 4 is 34.1 Å². The van der Waals surface area contributed by atoms with Crippen LogP contribution in [0.5, 0.6) is 0 Å². The van der Waals surface area contributed by atoms with Gasteiger partial charge in [0, 0.05) is 11.7 Å². The zero-order valence-electron chi connectivity index (χ0n) is 12.6. The van der Waals surface area contributed by atoms with E-state index in [1.165, 1.54) is 0 Å². The number of amides is 3. The monoisotopic (exact) mass is 318 g/mol. The number of rotatable bonds is 4. The van der Waals surface area contributed by atoms with Crippen LogP contribution >= 0.6 is 11.3 Å². The number of aromatic nitrogens is 1. The largest absolute Gasteiger partial charge is 0.349 e. The highest BCUT2D eigenvalue weighted by atomic mass is 32.1. The third-order valence-electron chi connectivity index (χ3n) is 2.67. The van der Waals surface area contributed by atoms with Gasteiger partial charge in [-0.25, -0.2) is 9.78 Å². The van der Waals surface area contributed by atoms with Crippen LogP contribution in [0.4, 0.5) is 15.6 Å². The van der Waals surface area contributed by atoms with Crippen LogP contribution in [0.1, 0.15) is 29.2 Å². The molecule has 0 atom stereocenters. The van der Waals surface area contributed by atoms with E-state index in [9.17, 15) is 9.59 Å². The average molecular weight is 318 g/mol. The molecule has 1 aromatic heterocycles. The SMILES string of the molecule is Cc1nc(NC(=O)Nc2ccccc2)sc1C(=O)NC(C)C. The van der Waals surface area contributed by atoms with Crippen LogP contribution in [0, 0.1) is 6.92 Å². The zero-order chi connectivity index (χ0) is 16.1. The first-order chi connectivity index (χ1) is 10.5. The van der Waals surface area contributed by atoms with Crippen molar-refractivity contribution in [2.45, 2.75) is 26.8 Å². The molecule has 1 aromatic carbocycles. The van der Waals surface area contributed by atoms with Crippen molar-refractivity contribution in [3.05, 3.63) is 40.9 Å². The number of nitrogens with zero attached hydrogens (tertiary/aromatic N) is 1. The molecule has 0 aliphatic carbocycles. The molecule has 0 aliphatic rings. The molecule has 0 bridgehead atoms. The molecule has 2 rings (SSSR count). The summed E-state index contributed by atoms with van der Waals surface area (Å²) in [7, 11) is 0. The number of carbonyl (C=O) groups is 2. The molecular formula is C15H18N4O2S. The Morgan fingerprint density at radius 3 is 2.45 bits per heavy atom. The van der Waals surface area contributed by atoms with Crippen molar-refractivity contribution < 1.29 is 9.59 Å². The molecule has 0 fully saturated rings. The maximum Gasteiger partial charge on any atom is 0.325 e. The van der Waals surface area contributed by atoms with Gasteiger partial charge >= 0.3 is 6.03 Å². The Balaban J connectivity index is 2.01. The van der Waals surface area contributed by atoms with Crippen LogP contribution in [-0.2, 0) is 0 Å². The lowest BCUT2D eigenvalue weighted by Crippen LogP contribution is -2.29. The van der Waals surface area contributed by atoms with Crippen molar-refractivity contribution in [2.24, 2.45) is 0 Å². The Hall–Kier alpha value is -2.41. The molecule has 1 heterocycles. The molecule has 116 valence electrons. The van der Waals surface area contributed by atoms with Crippen molar-refractivity contribution in [1.82, 2.24) is 10.3 Å². The highest BCUT2D eigenvalue weighted by Crippen LogP contribution is 2.22. The Bertz CT molecular complexity index is 667. The van der Waals surface area contributed by atoms with E-state index in [0.717, 1.165) is 11.3 Å². The second-order valence-corrected chi connectivity index (χ2v) is 6.01. The second-order valence-electron chi connectivity index (χ2n) is 5.01. The minimum atomic E-state index is -0.393. The standard InChI is InChI=1S/C15H18N4O2S/c1-9(2)16-13(20)12-10(3)17-15(22-12)19-14(21)18-11-7-5-4-6-8-11/h4-9H,1-3H3,(H,16,20)(H2,17,18,19,21). The van der Waals surface area contributed by atoms with E-state index in [0.29, 0.717) is 21.4 Å². The summed E-state index contributed by atoms with van der Waals surface area (Å²) in [5.74, 6) is -0.179. The first-order valence-electron chi connectivity index (χ1n) is 6.87. The molecule has 2 aromatic rings. The van der Waals surface area contributed by atoms with Crippen molar-refractivity contribution in [1.29, 1.82) is 0 Å². The Morgan fingerprint density at radius 2 is 1.82 bits per heavy atom. The maximum atomic E-state index is 12.0. The van der Waals surface area contributed by atoms with Gasteiger partial charge in [0.15, 0.2) is 5.13 Å². The molecule has 0 radical (unpaired) electrons. The lowest BCUT2D eigenvalue weighted by Gasteiger charge is -2.06. The summed E-state index contributed by atoms with van der Waals surface area (Å²) in [6.45, 7) is 5.52. The number of urea groups is 1. The smallest absolute Gasteiger partial charge is 0.325 e. The minimum Gasteiger partial charge on any atom is -0.349 e. The fraction of sp³-hybridized carbons (Fsp3) is 0.267. The van der Waals surface area contributed by atoms with Gasteiger partial charge in [0.2, 0.25) is 0 Å². The van der Waals surface area contributed by atoms with E-state index in [4.69, 9.17) is 0 Å². The molecule has 0 aliphatic heterocycles. The average Bonchev–Trinajstić information content (AvgIpc) is 2.79. The predicted molar refractivity (Wildman–Crippen MR) is 88.5 cm³/mol. The Kier molecular flexibility index (Phi) is 5.11. The van der Waals surface area contributed by atoms with Crippen molar-refractivity contribution in [3.8, 4) is 0 Å². The van der Waals surface area contributed by atoms with Gasteiger partial charge in [-0.3, -0.25) is 10.1 Å². The number of thiazole rings is 1. The summed E-state index contributed by atoms with van der Waals surface area (Å²) in [4.78, 5) is 28.6. The third kappa shape index (κ3) is 4.29. The molecule has 7 heteroatoms. The first-order valence-corrected chi connectivity index (χ1v) is 7.68. The van der Waals surface area contributed by atoms with Crippen LogP contribution in [0.2, 0.25) is 0 Å². The first kappa shape index (κ1) is 16.0. The summed E-state index contributed by atoms with van der Waals surface area (Å²) in [5.41, 5.74) is 1.28. The van der Waals surface area contributed by atoms with Gasteiger partial charge in [-0.1, -0.05) is 29.5 Å². The van der Waals surface area contributed by atoms with Gasteiger partial charge < -0.3 is 10.6 Å². The van der Waals surface area contributed by atoms with E-state index in [1.54, 1.807) is 19.1 Å². The molecule has 3 amide bonds. The fourth-order valence-electron chi connectivity index (χ4n) is 1.77. The molecule has 6 nitrogen and oxygen atoms in total. The van der Waals surface area contributed by atoms with Crippen LogP contribution in [0.25, 0.3) is 0 Å². The maximum absolute atomic E-state index is 12.0. The van der Waals surface area contributed by atoms with Gasteiger partial charge in [0.25, 0.3) is 5.91 Å². The number of anilines is 2. The van der Waals surface area contributed by atoms with E-state index in [1.807, 2.05) is 32.0 Å². The quantitative estimate of drug-likeness (QED) is 0.809. The lowest BCUT2D eigenvalue weighted by atomic mass is 10.3. The summed E-state index contributed by atoms with van der Waals surface area (Å²) >= 11 is 1.15. The number of benzene rings is 1. The zero-order valence-corrected chi connectivity index (χ0v) is 13.5. The fourth-order valence-corrected chi connectivity index (χ4v) is 2.63. The molecule has 3 N–H and O–H groups in total. The lowest BCUT2D eigenvalue weighted by molar-refractivity contribution is 0.0946. The number of para-hydroxylation sites is 1. The molecule has 0 saturated carbocycles. The summed E-state index contributed by atoms with van der Waals surface area (Å²) in [5, 5.41) is 8.53. The second kappa shape index (κ2) is 7.04. The van der Waals surface area contributed by atoms with Crippen molar-refractivity contribution in [3.63, 3.8) is 0 Å². The highest BCUT2D eigenvalue weighted by molar-refractivity contribution is 7.17. The van der Waals surface area contributed by atoms with E-state index in [-0.39, 0.29) is 11.9 Å². The van der Waals surface area contributed by atoms with Crippen LogP contribution in [0.3, 0.4) is 0 Å². The number of nitrogens with one attached hydrogen (secondary N) is 3. The van der Waals surface area contributed by atoms with E-state index >= 15 is 0 Å². The van der Waals surface area contributed by atoms with Crippen LogP contribution in [0.15, 0.2) is 30.3 Å².